The first-order chi connectivity index (χ1) is 11.0. The van der Waals surface area contributed by atoms with E-state index in [2.05, 4.69) is 29.4 Å². The highest BCUT2D eigenvalue weighted by Gasteiger charge is 2.32. The second-order valence-electron chi connectivity index (χ2n) is 6.13. The van der Waals surface area contributed by atoms with Crippen molar-refractivity contribution in [1.82, 2.24) is 19.7 Å². The van der Waals surface area contributed by atoms with Crippen molar-refractivity contribution in [1.29, 1.82) is 0 Å². The monoisotopic (exact) mass is 317 g/mol. The highest BCUT2D eigenvalue weighted by atomic mass is 19.1. The average Bonchev–Trinajstić information content (AvgIpc) is 2.93. The van der Waals surface area contributed by atoms with Gasteiger partial charge in [-0.1, -0.05) is 12.1 Å². The molecule has 1 N–H and O–H groups in total. The SMILES string of the molecule is CC(C)n1cnnc1CC1CN(C(=O)Nc2ccccc2F)C1. The molecule has 0 radical (unpaired) electrons. The van der Waals surface area contributed by atoms with Crippen LogP contribution in [0.2, 0.25) is 0 Å². The van der Waals surface area contributed by atoms with E-state index >= 15 is 0 Å². The van der Waals surface area contributed by atoms with E-state index in [4.69, 9.17) is 0 Å². The van der Waals surface area contributed by atoms with E-state index in [0.717, 1.165) is 12.2 Å². The van der Waals surface area contributed by atoms with Gasteiger partial charge in [0.15, 0.2) is 0 Å². The predicted molar refractivity (Wildman–Crippen MR) is 84.6 cm³/mol. The molecule has 0 aliphatic carbocycles. The van der Waals surface area contributed by atoms with Crippen LogP contribution in [0.1, 0.15) is 25.7 Å². The van der Waals surface area contributed by atoms with Crippen LogP contribution in [0.4, 0.5) is 14.9 Å². The van der Waals surface area contributed by atoms with Crippen molar-refractivity contribution in [2.75, 3.05) is 18.4 Å². The normalized spacial score (nSPS) is 14.9. The van der Waals surface area contributed by atoms with Crippen molar-refractivity contribution in [3.63, 3.8) is 0 Å². The summed E-state index contributed by atoms with van der Waals surface area (Å²) in [5, 5.41) is 10.7. The number of aromatic nitrogens is 3. The van der Waals surface area contributed by atoms with Crippen LogP contribution in [0.25, 0.3) is 0 Å². The lowest BCUT2D eigenvalue weighted by Gasteiger charge is -2.39. The van der Waals surface area contributed by atoms with Crippen LogP contribution in [0.15, 0.2) is 30.6 Å². The maximum atomic E-state index is 13.5. The second kappa shape index (κ2) is 6.36. The Balaban J connectivity index is 1.52. The Morgan fingerprint density at radius 1 is 1.39 bits per heavy atom. The zero-order chi connectivity index (χ0) is 16.4. The van der Waals surface area contributed by atoms with Gasteiger partial charge < -0.3 is 14.8 Å². The van der Waals surface area contributed by atoms with Gasteiger partial charge in [0.25, 0.3) is 0 Å². The number of rotatable bonds is 4. The summed E-state index contributed by atoms with van der Waals surface area (Å²) >= 11 is 0. The maximum Gasteiger partial charge on any atom is 0.321 e. The predicted octanol–water partition coefficient (Wildman–Crippen LogP) is 2.70. The minimum Gasteiger partial charge on any atom is -0.324 e. The van der Waals surface area contributed by atoms with Gasteiger partial charge in [0.05, 0.1) is 5.69 Å². The summed E-state index contributed by atoms with van der Waals surface area (Å²) in [4.78, 5) is 13.8. The highest BCUT2D eigenvalue weighted by molar-refractivity contribution is 5.89. The van der Waals surface area contributed by atoms with Crippen molar-refractivity contribution < 1.29 is 9.18 Å². The number of hydrogen-bond acceptors (Lipinski definition) is 3. The van der Waals surface area contributed by atoms with Gasteiger partial charge in [0, 0.05) is 31.5 Å². The molecule has 3 rings (SSSR count). The lowest BCUT2D eigenvalue weighted by atomic mass is 9.96. The number of carbonyl (C=O) groups is 1. The smallest absolute Gasteiger partial charge is 0.321 e. The van der Waals surface area contributed by atoms with Crippen LogP contribution in [0.3, 0.4) is 0 Å². The quantitative estimate of drug-likeness (QED) is 0.943. The average molecular weight is 317 g/mol. The molecule has 2 amide bonds. The first-order valence-corrected chi connectivity index (χ1v) is 7.73. The minimum absolute atomic E-state index is 0.209. The van der Waals surface area contributed by atoms with E-state index in [0.29, 0.717) is 25.0 Å². The van der Waals surface area contributed by atoms with Crippen LogP contribution in [0.5, 0.6) is 0 Å². The third kappa shape index (κ3) is 3.33. The fraction of sp³-hybridized carbons (Fsp3) is 0.438. The van der Waals surface area contributed by atoms with Gasteiger partial charge in [-0.2, -0.15) is 0 Å². The molecule has 0 saturated carbocycles. The molecule has 7 heteroatoms. The lowest BCUT2D eigenvalue weighted by molar-refractivity contribution is 0.129. The molecule has 2 aromatic rings. The van der Waals surface area contributed by atoms with Gasteiger partial charge in [-0.25, -0.2) is 9.18 Å². The molecular weight excluding hydrogens is 297 g/mol. The third-order valence-electron chi connectivity index (χ3n) is 4.03. The molecule has 1 aromatic heterocycles. The van der Waals surface area contributed by atoms with Crippen molar-refractivity contribution in [3.8, 4) is 0 Å². The number of benzene rings is 1. The first kappa shape index (κ1) is 15.5. The molecule has 1 aromatic carbocycles. The first-order valence-electron chi connectivity index (χ1n) is 7.73. The topological polar surface area (TPSA) is 63.1 Å². The van der Waals surface area contributed by atoms with Crippen molar-refractivity contribution in [2.24, 2.45) is 5.92 Å². The van der Waals surface area contributed by atoms with Crippen molar-refractivity contribution in [2.45, 2.75) is 26.3 Å². The van der Waals surface area contributed by atoms with Crippen molar-refractivity contribution in [3.05, 3.63) is 42.2 Å². The van der Waals surface area contributed by atoms with Crippen LogP contribution in [-0.2, 0) is 6.42 Å². The third-order valence-corrected chi connectivity index (χ3v) is 4.03. The molecule has 1 saturated heterocycles. The Morgan fingerprint density at radius 2 is 2.13 bits per heavy atom. The maximum absolute atomic E-state index is 13.5. The van der Waals surface area contributed by atoms with E-state index in [9.17, 15) is 9.18 Å². The molecule has 0 bridgehead atoms. The number of nitrogens with zero attached hydrogens (tertiary/aromatic N) is 4. The molecular formula is C16H20FN5O. The van der Waals surface area contributed by atoms with Gasteiger partial charge in [0.2, 0.25) is 0 Å². The van der Waals surface area contributed by atoms with Gasteiger partial charge in [-0.3, -0.25) is 0 Å². The number of para-hydroxylation sites is 1. The summed E-state index contributed by atoms with van der Waals surface area (Å²) in [5.74, 6) is 0.880. The number of nitrogens with one attached hydrogen (secondary N) is 1. The molecule has 1 aliphatic heterocycles. The van der Waals surface area contributed by atoms with Gasteiger partial charge in [-0.15, -0.1) is 10.2 Å². The summed E-state index contributed by atoms with van der Waals surface area (Å²) in [6.07, 6.45) is 2.53. The summed E-state index contributed by atoms with van der Waals surface area (Å²) in [6, 6.07) is 6.21. The van der Waals surface area contributed by atoms with E-state index in [-0.39, 0.29) is 11.7 Å². The van der Waals surface area contributed by atoms with E-state index in [1.165, 1.54) is 6.07 Å². The number of likely N-dealkylation sites (tertiary alicyclic amines) is 1. The minimum atomic E-state index is -0.428. The Hall–Kier alpha value is -2.44. The zero-order valence-corrected chi connectivity index (χ0v) is 13.2. The molecule has 1 fully saturated rings. The van der Waals surface area contributed by atoms with Gasteiger partial charge >= 0.3 is 6.03 Å². The molecule has 6 nitrogen and oxygen atoms in total. The molecule has 122 valence electrons. The summed E-state index contributed by atoms with van der Waals surface area (Å²) in [6.45, 7) is 5.46. The zero-order valence-electron chi connectivity index (χ0n) is 13.2. The lowest BCUT2D eigenvalue weighted by Crippen LogP contribution is -2.52. The number of halogens is 1. The fourth-order valence-corrected chi connectivity index (χ4v) is 2.72. The molecule has 23 heavy (non-hydrogen) atoms. The molecule has 1 aliphatic rings. The Morgan fingerprint density at radius 3 is 2.83 bits per heavy atom. The Labute approximate surface area is 134 Å². The van der Waals surface area contributed by atoms with E-state index in [1.54, 1.807) is 29.4 Å². The van der Waals surface area contributed by atoms with Crippen LogP contribution in [-0.4, -0.2) is 38.8 Å². The standard InChI is InChI=1S/C16H20FN5O/c1-11(2)22-10-18-20-15(22)7-12-8-21(9-12)16(23)19-14-6-4-3-5-13(14)17/h3-6,10-12H,7-9H2,1-2H3,(H,19,23). The van der Waals surface area contributed by atoms with Gasteiger partial charge in [-0.05, 0) is 26.0 Å². The number of urea groups is 1. The Bertz CT molecular complexity index is 693. The van der Waals surface area contributed by atoms with E-state index in [1.807, 2.05) is 4.57 Å². The number of amides is 2. The Kier molecular flexibility index (Phi) is 4.27. The summed E-state index contributed by atoms with van der Waals surface area (Å²) in [5.41, 5.74) is 0.209. The van der Waals surface area contributed by atoms with Gasteiger partial charge in [0.1, 0.15) is 18.0 Å². The summed E-state index contributed by atoms with van der Waals surface area (Å²) < 4.78 is 15.6. The van der Waals surface area contributed by atoms with Crippen molar-refractivity contribution >= 4 is 11.7 Å². The molecule has 0 unspecified atom stereocenters. The van der Waals surface area contributed by atoms with Crippen LogP contribution >= 0.6 is 0 Å². The number of anilines is 1. The highest BCUT2D eigenvalue weighted by Crippen LogP contribution is 2.22. The fourth-order valence-electron chi connectivity index (χ4n) is 2.72. The largest absolute Gasteiger partial charge is 0.324 e. The van der Waals surface area contributed by atoms with E-state index < -0.39 is 5.82 Å². The molecule has 2 heterocycles. The number of carbonyl (C=O) groups excluding carboxylic acids is 1. The summed E-state index contributed by atoms with van der Waals surface area (Å²) in [7, 11) is 0. The molecule has 0 atom stereocenters. The van der Waals surface area contributed by atoms with Crippen LogP contribution in [0, 0.1) is 11.7 Å². The molecule has 0 spiro atoms. The van der Waals surface area contributed by atoms with Crippen LogP contribution < -0.4 is 5.32 Å². The number of hydrogen-bond donors (Lipinski definition) is 1. The second-order valence-corrected chi connectivity index (χ2v) is 6.13.